The Labute approximate surface area is 137 Å². The van der Waals surface area contributed by atoms with E-state index in [0.29, 0.717) is 30.1 Å². The van der Waals surface area contributed by atoms with E-state index in [2.05, 4.69) is 15.8 Å². The maximum Gasteiger partial charge on any atom is 0.314 e. The highest BCUT2D eigenvalue weighted by Crippen LogP contribution is 2.36. The normalized spacial score (nSPS) is 19.1. The largest absolute Gasteiger partial charge is 0.493 e. The first-order valence-electron chi connectivity index (χ1n) is 7.45. The molecule has 126 valence electrons. The molecule has 24 heavy (non-hydrogen) atoms. The van der Waals surface area contributed by atoms with Crippen molar-refractivity contribution in [3.05, 3.63) is 41.7 Å². The second-order valence-electron chi connectivity index (χ2n) is 5.59. The number of aryl methyl sites for hydroxylation is 1. The molecule has 3 N–H and O–H groups in total. The number of nitrogens with one attached hydrogen (secondary N) is 2. The van der Waals surface area contributed by atoms with Gasteiger partial charge in [-0.15, -0.1) is 0 Å². The Morgan fingerprint density at radius 3 is 2.88 bits per heavy atom. The summed E-state index contributed by atoms with van der Waals surface area (Å²) in [7, 11) is 0. The molecule has 1 aromatic carbocycles. The van der Waals surface area contributed by atoms with E-state index < -0.39 is 17.4 Å². The molecule has 0 saturated heterocycles. The van der Waals surface area contributed by atoms with Crippen molar-refractivity contribution < 1.29 is 24.0 Å². The van der Waals surface area contributed by atoms with E-state index in [1.54, 1.807) is 31.2 Å². The van der Waals surface area contributed by atoms with Crippen LogP contribution in [0.1, 0.15) is 17.7 Å². The molecule has 1 aliphatic heterocycles. The van der Waals surface area contributed by atoms with E-state index in [4.69, 9.17) is 9.26 Å². The summed E-state index contributed by atoms with van der Waals surface area (Å²) in [6.45, 7) is 1.89. The number of carbonyl (C=O) groups is 2. The van der Waals surface area contributed by atoms with Crippen molar-refractivity contribution in [3.8, 4) is 5.75 Å². The Morgan fingerprint density at radius 1 is 1.33 bits per heavy atom. The molecule has 2 amide bonds. The highest BCUT2D eigenvalue weighted by molar-refractivity contribution is 6.39. The molecule has 8 heteroatoms. The number of carbonyl (C=O) groups excluding carboxylic acids is 2. The van der Waals surface area contributed by atoms with E-state index in [1.807, 2.05) is 0 Å². The van der Waals surface area contributed by atoms with Gasteiger partial charge in [-0.3, -0.25) is 14.9 Å². The molecule has 0 saturated carbocycles. The lowest BCUT2D eigenvalue weighted by molar-refractivity contribution is -0.137. The quantitative estimate of drug-likeness (QED) is 0.714. The SMILES string of the molecule is Cc1cc(NC(=O)C(=O)NC[C@]2(O)CCOc3ccccc32)no1. The summed E-state index contributed by atoms with van der Waals surface area (Å²) < 4.78 is 10.3. The lowest BCUT2D eigenvalue weighted by Crippen LogP contribution is -2.46. The Kier molecular flexibility index (Phi) is 4.22. The second kappa shape index (κ2) is 6.32. The summed E-state index contributed by atoms with van der Waals surface area (Å²) in [5.74, 6) is -0.509. The van der Waals surface area contributed by atoms with E-state index in [-0.39, 0.29) is 12.4 Å². The number of amides is 2. The molecule has 0 spiro atoms. The fraction of sp³-hybridized carbons (Fsp3) is 0.312. The van der Waals surface area contributed by atoms with Gasteiger partial charge in [0.25, 0.3) is 0 Å². The van der Waals surface area contributed by atoms with Gasteiger partial charge in [-0.05, 0) is 13.0 Å². The van der Waals surface area contributed by atoms with Gasteiger partial charge in [0.05, 0.1) is 13.2 Å². The molecule has 0 aliphatic carbocycles. The molecule has 0 bridgehead atoms. The number of rotatable bonds is 3. The van der Waals surface area contributed by atoms with Gasteiger partial charge < -0.3 is 19.7 Å². The van der Waals surface area contributed by atoms with Crippen LogP contribution in [0.4, 0.5) is 5.82 Å². The topological polar surface area (TPSA) is 114 Å². The fourth-order valence-electron chi connectivity index (χ4n) is 2.53. The highest BCUT2D eigenvalue weighted by Gasteiger charge is 2.36. The Balaban J connectivity index is 1.63. The zero-order chi connectivity index (χ0) is 17.2. The molecule has 1 atom stereocenters. The van der Waals surface area contributed by atoms with Crippen molar-refractivity contribution in [2.45, 2.75) is 18.9 Å². The number of nitrogens with zero attached hydrogens (tertiary/aromatic N) is 1. The van der Waals surface area contributed by atoms with Gasteiger partial charge in [-0.2, -0.15) is 0 Å². The van der Waals surface area contributed by atoms with Crippen LogP contribution in [0.5, 0.6) is 5.75 Å². The zero-order valence-electron chi connectivity index (χ0n) is 13.0. The van der Waals surface area contributed by atoms with Crippen LogP contribution in [0.2, 0.25) is 0 Å². The van der Waals surface area contributed by atoms with Crippen molar-refractivity contribution in [1.29, 1.82) is 0 Å². The van der Waals surface area contributed by atoms with Gasteiger partial charge in [-0.1, -0.05) is 23.4 Å². The van der Waals surface area contributed by atoms with Gasteiger partial charge in [0.15, 0.2) is 5.82 Å². The van der Waals surface area contributed by atoms with Crippen molar-refractivity contribution in [1.82, 2.24) is 10.5 Å². The maximum absolute atomic E-state index is 11.9. The minimum atomic E-state index is -1.28. The Hall–Kier alpha value is -2.87. The summed E-state index contributed by atoms with van der Waals surface area (Å²) in [6, 6.07) is 8.56. The Morgan fingerprint density at radius 2 is 2.12 bits per heavy atom. The van der Waals surface area contributed by atoms with E-state index >= 15 is 0 Å². The van der Waals surface area contributed by atoms with E-state index in [1.165, 1.54) is 6.07 Å². The van der Waals surface area contributed by atoms with Gasteiger partial charge in [0, 0.05) is 18.1 Å². The number of aliphatic hydroxyl groups is 1. The smallest absolute Gasteiger partial charge is 0.314 e. The first kappa shape index (κ1) is 16.0. The predicted octanol–water partition coefficient (Wildman–Crippen LogP) is 0.708. The van der Waals surface area contributed by atoms with Crippen LogP contribution in [0.25, 0.3) is 0 Å². The number of hydrogen-bond acceptors (Lipinski definition) is 6. The van der Waals surface area contributed by atoms with Gasteiger partial charge in [-0.25, -0.2) is 0 Å². The van der Waals surface area contributed by atoms with Crippen molar-refractivity contribution in [2.24, 2.45) is 0 Å². The summed E-state index contributed by atoms with van der Waals surface area (Å²) in [5, 5.41) is 19.1. The zero-order valence-corrected chi connectivity index (χ0v) is 13.0. The minimum Gasteiger partial charge on any atom is -0.493 e. The van der Waals surface area contributed by atoms with E-state index in [0.717, 1.165) is 0 Å². The van der Waals surface area contributed by atoms with Crippen LogP contribution in [0.15, 0.2) is 34.9 Å². The third kappa shape index (κ3) is 3.23. The Bertz CT molecular complexity index is 773. The molecular formula is C16H17N3O5. The average molecular weight is 331 g/mol. The fourth-order valence-corrected chi connectivity index (χ4v) is 2.53. The van der Waals surface area contributed by atoms with Crippen LogP contribution in [-0.4, -0.2) is 35.2 Å². The summed E-state index contributed by atoms with van der Waals surface area (Å²) in [5.41, 5.74) is -0.695. The summed E-state index contributed by atoms with van der Waals surface area (Å²) in [6.07, 6.45) is 0.314. The van der Waals surface area contributed by atoms with Crippen LogP contribution in [0, 0.1) is 6.92 Å². The molecule has 0 radical (unpaired) electrons. The van der Waals surface area contributed by atoms with Gasteiger partial charge in [0.2, 0.25) is 0 Å². The number of para-hydroxylation sites is 1. The van der Waals surface area contributed by atoms with E-state index in [9.17, 15) is 14.7 Å². The maximum atomic E-state index is 11.9. The number of fused-ring (bicyclic) bond motifs is 1. The highest BCUT2D eigenvalue weighted by atomic mass is 16.5. The number of hydrogen-bond donors (Lipinski definition) is 3. The molecule has 2 heterocycles. The lowest BCUT2D eigenvalue weighted by Gasteiger charge is -2.34. The molecular weight excluding hydrogens is 314 g/mol. The van der Waals surface area contributed by atoms with Crippen molar-refractivity contribution in [3.63, 3.8) is 0 Å². The van der Waals surface area contributed by atoms with Gasteiger partial charge in [0.1, 0.15) is 17.1 Å². The van der Waals surface area contributed by atoms with Crippen LogP contribution < -0.4 is 15.4 Å². The first-order chi connectivity index (χ1) is 11.5. The molecule has 3 rings (SSSR count). The number of anilines is 1. The van der Waals surface area contributed by atoms with Crippen LogP contribution >= 0.6 is 0 Å². The molecule has 8 nitrogen and oxygen atoms in total. The average Bonchev–Trinajstić information content (AvgIpc) is 2.98. The van der Waals surface area contributed by atoms with Crippen LogP contribution in [0.3, 0.4) is 0 Å². The van der Waals surface area contributed by atoms with Crippen molar-refractivity contribution in [2.75, 3.05) is 18.5 Å². The number of aromatic nitrogens is 1. The molecule has 2 aromatic rings. The van der Waals surface area contributed by atoms with Gasteiger partial charge >= 0.3 is 11.8 Å². The summed E-state index contributed by atoms with van der Waals surface area (Å²) >= 11 is 0. The molecule has 0 unspecified atom stereocenters. The van der Waals surface area contributed by atoms with Crippen molar-refractivity contribution >= 4 is 17.6 Å². The minimum absolute atomic E-state index is 0.0997. The first-order valence-corrected chi connectivity index (χ1v) is 7.45. The second-order valence-corrected chi connectivity index (χ2v) is 5.59. The molecule has 1 aromatic heterocycles. The van der Waals surface area contributed by atoms with Crippen LogP contribution in [-0.2, 0) is 15.2 Å². The molecule has 1 aliphatic rings. The predicted molar refractivity (Wildman–Crippen MR) is 83.3 cm³/mol. The lowest BCUT2D eigenvalue weighted by atomic mass is 9.88. The molecule has 0 fully saturated rings. The number of benzene rings is 1. The monoisotopic (exact) mass is 331 g/mol. The third-order valence-corrected chi connectivity index (χ3v) is 3.78. The third-order valence-electron chi connectivity index (χ3n) is 3.78. The standard InChI is InChI=1S/C16H17N3O5/c1-10-8-13(19-24-10)18-15(21)14(20)17-9-16(22)6-7-23-12-5-3-2-4-11(12)16/h2-5,8,22H,6-7,9H2,1H3,(H,17,20)(H,18,19,21)/t16-/m1/s1. The number of ether oxygens (including phenoxy) is 1. The summed E-state index contributed by atoms with van der Waals surface area (Å²) in [4.78, 5) is 23.8.